The molecule has 8 heteroatoms. The zero-order valence-corrected chi connectivity index (χ0v) is 20.8. The number of aromatic nitrogens is 1. The van der Waals surface area contributed by atoms with Crippen molar-refractivity contribution in [3.05, 3.63) is 57.9 Å². The van der Waals surface area contributed by atoms with Crippen molar-refractivity contribution >= 4 is 51.4 Å². The molecule has 1 aromatic heterocycles. The molecule has 4 rings (SSSR count). The Balaban J connectivity index is 1.56. The molecule has 0 aliphatic carbocycles. The monoisotopic (exact) mass is 481 g/mol. The molecule has 33 heavy (non-hydrogen) atoms. The van der Waals surface area contributed by atoms with Crippen molar-refractivity contribution in [2.24, 2.45) is 10.1 Å². The minimum atomic E-state index is -0.397. The molecule has 0 unspecified atom stereocenters. The van der Waals surface area contributed by atoms with E-state index >= 15 is 0 Å². The summed E-state index contributed by atoms with van der Waals surface area (Å²) in [6.45, 7) is 6.20. The molecule has 172 valence electrons. The zero-order chi connectivity index (χ0) is 23.5. The molecule has 2 aliphatic rings. The fourth-order valence-electron chi connectivity index (χ4n) is 4.11. The van der Waals surface area contributed by atoms with Crippen LogP contribution in [0.25, 0.3) is 11.8 Å². The van der Waals surface area contributed by atoms with Gasteiger partial charge in [0.25, 0.3) is 5.91 Å². The highest BCUT2D eigenvalue weighted by molar-refractivity contribution is 8.26. The van der Waals surface area contributed by atoms with Gasteiger partial charge in [-0.05, 0) is 74.4 Å². The van der Waals surface area contributed by atoms with Crippen LogP contribution in [0.1, 0.15) is 62.4 Å². The highest BCUT2D eigenvalue weighted by atomic mass is 35.5. The first-order chi connectivity index (χ1) is 15.9. The number of hydrogen-bond acceptors (Lipinski definition) is 4. The summed E-state index contributed by atoms with van der Waals surface area (Å²) >= 11 is 7.59. The first-order valence-electron chi connectivity index (χ1n) is 11.3. The number of amides is 1. The Bertz CT molecular complexity index is 1190. The number of amidine groups is 2. The summed E-state index contributed by atoms with van der Waals surface area (Å²) in [7, 11) is 0. The predicted molar refractivity (Wildman–Crippen MR) is 139 cm³/mol. The number of aliphatic imine (C=N–C) groups is 1. The van der Waals surface area contributed by atoms with Crippen LogP contribution in [0.3, 0.4) is 0 Å². The van der Waals surface area contributed by atoms with Gasteiger partial charge in [0, 0.05) is 22.1 Å². The standard InChI is InChI=1S/C25H28ClN5OS/c1-4-5-6-7-8-12-22-29-31-23(27)21(24(32)28-25(31)33-22)14-18-13-16(2)30(17(18)3)20-11-9-10-19(26)15-20/h9-11,13-15,27H,4-8,12H2,1-3H3/b21-14+,27-23?. The van der Waals surface area contributed by atoms with Crippen LogP contribution in [0.15, 0.2) is 46.0 Å². The number of carbonyl (C=O) groups excluding carboxylic acids is 1. The summed E-state index contributed by atoms with van der Waals surface area (Å²) in [5, 5.41) is 16.8. The van der Waals surface area contributed by atoms with E-state index in [2.05, 4.69) is 21.6 Å². The molecule has 6 nitrogen and oxygen atoms in total. The van der Waals surface area contributed by atoms with Crippen molar-refractivity contribution in [2.45, 2.75) is 59.3 Å². The number of nitrogens with one attached hydrogen (secondary N) is 1. The molecule has 2 aromatic rings. The average Bonchev–Trinajstić information content (AvgIpc) is 3.30. The van der Waals surface area contributed by atoms with Crippen molar-refractivity contribution in [2.75, 3.05) is 0 Å². The van der Waals surface area contributed by atoms with Crippen LogP contribution < -0.4 is 0 Å². The fourth-order valence-corrected chi connectivity index (χ4v) is 5.23. The maximum atomic E-state index is 12.8. The summed E-state index contributed by atoms with van der Waals surface area (Å²) in [6.07, 6.45) is 8.53. The second-order valence-corrected chi connectivity index (χ2v) is 9.80. The third kappa shape index (κ3) is 4.99. The molecular weight excluding hydrogens is 454 g/mol. The van der Waals surface area contributed by atoms with Crippen LogP contribution in [0.5, 0.6) is 0 Å². The van der Waals surface area contributed by atoms with Gasteiger partial charge in [-0.3, -0.25) is 10.2 Å². The topological polar surface area (TPSA) is 73.8 Å². The number of benzene rings is 1. The summed E-state index contributed by atoms with van der Waals surface area (Å²) < 4.78 is 2.09. The Morgan fingerprint density at radius 1 is 1.15 bits per heavy atom. The Morgan fingerprint density at radius 2 is 1.94 bits per heavy atom. The van der Waals surface area contributed by atoms with Crippen molar-refractivity contribution in [1.29, 1.82) is 5.41 Å². The molecule has 0 saturated carbocycles. The maximum absolute atomic E-state index is 12.8. The summed E-state index contributed by atoms with van der Waals surface area (Å²) in [5.41, 5.74) is 4.05. The second kappa shape index (κ2) is 10.1. The van der Waals surface area contributed by atoms with Crippen LogP contribution in [0, 0.1) is 19.3 Å². The van der Waals surface area contributed by atoms with E-state index in [1.807, 2.05) is 44.2 Å². The van der Waals surface area contributed by atoms with Gasteiger partial charge in [-0.2, -0.15) is 15.1 Å². The number of aryl methyl sites for hydroxylation is 1. The van der Waals surface area contributed by atoms with Gasteiger partial charge in [0.1, 0.15) is 5.04 Å². The minimum absolute atomic E-state index is 0.0750. The Labute approximate surface area is 203 Å². The van der Waals surface area contributed by atoms with Gasteiger partial charge >= 0.3 is 0 Å². The molecule has 1 aromatic carbocycles. The Hall–Kier alpha value is -2.64. The molecule has 1 amide bonds. The first-order valence-corrected chi connectivity index (χ1v) is 12.5. The zero-order valence-electron chi connectivity index (χ0n) is 19.2. The lowest BCUT2D eigenvalue weighted by atomic mass is 10.1. The molecule has 0 spiro atoms. The lowest BCUT2D eigenvalue weighted by Crippen LogP contribution is -2.35. The third-order valence-corrected chi connectivity index (χ3v) is 7.03. The van der Waals surface area contributed by atoms with Crippen LogP contribution in [-0.4, -0.2) is 31.5 Å². The fraction of sp³-hybridized carbons (Fsp3) is 0.360. The highest BCUT2D eigenvalue weighted by Crippen LogP contribution is 2.31. The van der Waals surface area contributed by atoms with Crippen molar-refractivity contribution in [3.8, 4) is 5.69 Å². The van der Waals surface area contributed by atoms with E-state index in [9.17, 15) is 4.79 Å². The smallest absolute Gasteiger partial charge is 0.283 e. The summed E-state index contributed by atoms with van der Waals surface area (Å²) in [5.74, 6) is -0.322. The molecular formula is C25H28ClN5OS. The number of unbranched alkanes of at least 4 members (excludes halogenated alkanes) is 4. The Kier molecular flexibility index (Phi) is 7.20. The molecule has 0 bridgehead atoms. The van der Waals surface area contributed by atoms with E-state index in [0.29, 0.717) is 10.2 Å². The molecule has 2 aliphatic heterocycles. The SMILES string of the molecule is CCCCCCCC1=NN2C(=N)/C(=C\c3cc(C)n(-c4cccc(Cl)c4)c3C)C(=O)N=C2S1. The van der Waals surface area contributed by atoms with E-state index < -0.39 is 5.91 Å². The van der Waals surface area contributed by atoms with Gasteiger partial charge in [0.05, 0.1) is 5.57 Å². The third-order valence-electron chi connectivity index (χ3n) is 5.83. The van der Waals surface area contributed by atoms with E-state index in [0.717, 1.165) is 40.5 Å². The predicted octanol–water partition coefficient (Wildman–Crippen LogP) is 6.73. The lowest BCUT2D eigenvalue weighted by Gasteiger charge is -2.20. The van der Waals surface area contributed by atoms with E-state index in [1.165, 1.54) is 42.5 Å². The highest BCUT2D eigenvalue weighted by Gasteiger charge is 2.35. The number of thioether (sulfide) groups is 1. The summed E-state index contributed by atoms with van der Waals surface area (Å²) in [4.78, 5) is 17.0. The van der Waals surface area contributed by atoms with Crippen molar-refractivity contribution in [1.82, 2.24) is 9.58 Å². The van der Waals surface area contributed by atoms with Gasteiger partial charge in [-0.15, -0.1) is 0 Å². The number of halogens is 1. The molecule has 0 atom stereocenters. The van der Waals surface area contributed by atoms with Crippen LogP contribution in [-0.2, 0) is 4.79 Å². The average molecular weight is 482 g/mol. The molecule has 0 fully saturated rings. The van der Waals surface area contributed by atoms with E-state index in [1.54, 1.807) is 6.08 Å². The van der Waals surface area contributed by atoms with Crippen LogP contribution in [0.2, 0.25) is 5.02 Å². The van der Waals surface area contributed by atoms with Gasteiger partial charge in [0.2, 0.25) is 5.17 Å². The quantitative estimate of drug-likeness (QED) is 0.335. The molecule has 3 heterocycles. The second-order valence-electron chi connectivity index (χ2n) is 8.32. The van der Waals surface area contributed by atoms with Crippen molar-refractivity contribution in [3.63, 3.8) is 0 Å². The van der Waals surface area contributed by atoms with Gasteiger partial charge in [-0.25, -0.2) is 0 Å². The Morgan fingerprint density at radius 3 is 2.70 bits per heavy atom. The van der Waals surface area contributed by atoms with E-state index in [4.69, 9.17) is 17.0 Å². The normalized spacial score (nSPS) is 17.0. The van der Waals surface area contributed by atoms with Crippen LogP contribution in [0.4, 0.5) is 0 Å². The number of fused-ring (bicyclic) bond motifs is 1. The van der Waals surface area contributed by atoms with Crippen molar-refractivity contribution < 1.29 is 4.79 Å². The van der Waals surface area contributed by atoms with Gasteiger partial charge in [-0.1, -0.05) is 50.3 Å². The molecule has 1 N–H and O–H groups in total. The lowest BCUT2D eigenvalue weighted by molar-refractivity contribution is -0.114. The van der Waals surface area contributed by atoms with E-state index in [-0.39, 0.29) is 11.4 Å². The van der Waals surface area contributed by atoms with Gasteiger partial charge in [0.15, 0.2) is 5.84 Å². The summed E-state index contributed by atoms with van der Waals surface area (Å²) in [6, 6.07) is 9.66. The number of nitrogens with zero attached hydrogens (tertiary/aromatic N) is 4. The van der Waals surface area contributed by atoms with Crippen LogP contribution >= 0.6 is 23.4 Å². The number of rotatable bonds is 8. The number of hydrazone groups is 1. The molecule has 0 radical (unpaired) electrons. The van der Waals surface area contributed by atoms with Gasteiger partial charge < -0.3 is 4.57 Å². The molecule has 0 saturated heterocycles. The number of hydrogen-bond donors (Lipinski definition) is 1. The maximum Gasteiger partial charge on any atom is 0.283 e. The first kappa shape index (κ1) is 23.5. The number of carbonyl (C=O) groups is 1. The largest absolute Gasteiger partial charge is 0.318 e. The minimum Gasteiger partial charge on any atom is -0.318 e.